The van der Waals surface area contributed by atoms with Gasteiger partial charge in [-0.1, -0.05) is 24.3 Å². The third-order valence-electron chi connectivity index (χ3n) is 4.58. The number of nitrogens with zero attached hydrogens (tertiary/aromatic N) is 1. The molecule has 4 rings (SSSR count). The fourth-order valence-electron chi connectivity index (χ4n) is 3.04. The SMILES string of the molecule is CS(=O)(=O)c1ccc(C2=CC3(C=C2c2ccc(F)cc2)CC3)nc1. The maximum atomic E-state index is 13.2. The van der Waals surface area contributed by atoms with Crippen molar-refractivity contribution in [2.75, 3.05) is 6.26 Å². The Morgan fingerprint density at radius 3 is 2.21 bits per heavy atom. The van der Waals surface area contributed by atoms with Gasteiger partial charge in [0.15, 0.2) is 9.84 Å². The number of sulfone groups is 1. The normalized spacial score (nSPS) is 18.4. The molecule has 0 atom stereocenters. The summed E-state index contributed by atoms with van der Waals surface area (Å²) in [6.07, 6.45) is 9.19. The third-order valence-corrected chi connectivity index (χ3v) is 5.67. The van der Waals surface area contributed by atoms with Crippen LogP contribution in [-0.2, 0) is 9.84 Å². The Hall–Kier alpha value is -2.27. The highest BCUT2D eigenvalue weighted by molar-refractivity contribution is 7.90. The van der Waals surface area contributed by atoms with E-state index in [0.29, 0.717) is 0 Å². The van der Waals surface area contributed by atoms with E-state index in [1.165, 1.54) is 24.6 Å². The number of allylic oxidation sites excluding steroid dienone is 4. The Morgan fingerprint density at radius 1 is 1.00 bits per heavy atom. The summed E-state index contributed by atoms with van der Waals surface area (Å²) in [5.41, 5.74) is 3.80. The molecule has 5 heteroatoms. The van der Waals surface area contributed by atoms with E-state index >= 15 is 0 Å². The fourth-order valence-corrected chi connectivity index (χ4v) is 3.60. The van der Waals surface area contributed by atoms with Crippen molar-refractivity contribution in [1.82, 2.24) is 4.98 Å². The largest absolute Gasteiger partial charge is 0.255 e. The van der Waals surface area contributed by atoms with Crippen molar-refractivity contribution in [2.24, 2.45) is 5.41 Å². The molecule has 0 bridgehead atoms. The predicted octanol–water partition coefficient (Wildman–Crippen LogP) is 3.89. The molecule has 0 N–H and O–H groups in total. The van der Waals surface area contributed by atoms with E-state index in [-0.39, 0.29) is 16.1 Å². The summed E-state index contributed by atoms with van der Waals surface area (Å²) in [6, 6.07) is 9.75. The summed E-state index contributed by atoms with van der Waals surface area (Å²) >= 11 is 0. The summed E-state index contributed by atoms with van der Waals surface area (Å²) in [5, 5.41) is 0. The number of aromatic nitrogens is 1. The third kappa shape index (κ3) is 2.69. The van der Waals surface area contributed by atoms with Crippen molar-refractivity contribution in [2.45, 2.75) is 17.7 Å². The second-order valence-corrected chi connectivity index (χ2v) is 8.52. The van der Waals surface area contributed by atoms with Crippen molar-refractivity contribution in [1.29, 1.82) is 0 Å². The van der Waals surface area contributed by atoms with Crippen molar-refractivity contribution < 1.29 is 12.8 Å². The first-order valence-electron chi connectivity index (χ1n) is 7.75. The van der Waals surface area contributed by atoms with E-state index in [1.54, 1.807) is 24.3 Å². The highest BCUT2D eigenvalue weighted by Crippen LogP contribution is 2.57. The molecule has 1 saturated carbocycles. The Kier molecular flexibility index (Phi) is 3.25. The molecule has 2 aromatic rings. The van der Waals surface area contributed by atoms with Gasteiger partial charge in [-0.2, -0.15) is 0 Å². The van der Waals surface area contributed by atoms with Gasteiger partial charge < -0.3 is 0 Å². The zero-order chi connectivity index (χ0) is 16.9. The van der Waals surface area contributed by atoms with Gasteiger partial charge in [-0.15, -0.1) is 0 Å². The quantitative estimate of drug-likeness (QED) is 0.851. The lowest BCUT2D eigenvalue weighted by atomic mass is 9.98. The fraction of sp³-hybridized carbons (Fsp3) is 0.211. The topological polar surface area (TPSA) is 47.0 Å². The summed E-state index contributed by atoms with van der Waals surface area (Å²) in [7, 11) is -3.26. The Labute approximate surface area is 140 Å². The molecular formula is C19H16FNO2S. The lowest BCUT2D eigenvalue weighted by molar-refractivity contribution is 0.601. The molecule has 0 amide bonds. The first kappa shape index (κ1) is 15.3. The molecule has 24 heavy (non-hydrogen) atoms. The van der Waals surface area contributed by atoms with Gasteiger partial charge >= 0.3 is 0 Å². The van der Waals surface area contributed by atoms with Gasteiger partial charge in [-0.3, -0.25) is 4.98 Å². The number of rotatable bonds is 3. The minimum atomic E-state index is -3.26. The second kappa shape index (κ2) is 5.11. The zero-order valence-electron chi connectivity index (χ0n) is 13.2. The van der Waals surface area contributed by atoms with Gasteiger partial charge in [0.25, 0.3) is 0 Å². The van der Waals surface area contributed by atoms with Crippen molar-refractivity contribution in [3.05, 3.63) is 71.8 Å². The standard InChI is InChI=1S/C19H16FNO2S/c1-24(22,23)15-6-7-18(21-12-15)17-11-19(8-9-19)10-16(17)13-2-4-14(20)5-3-13/h2-7,10-12H,8-9H2,1H3. The Bertz CT molecular complexity index is 967. The van der Waals surface area contributed by atoms with Crippen LogP contribution in [0.4, 0.5) is 4.39 Å². The number of hydrogen-bond acceptors (Lipinski definition) is 3. The summed E-state index contributed by atoms with van der Waals surface area (Å²) in [4.78, 5) is 4.56. The van der Waals surface area contributed by atoms with Gasteiger partial charge in [0.1, 0.15) is 5.82 Å². The van der Waals surface area contributed by atoms with Crippen LogP contribution in [0.15, 0.2) is 59.6 Å². The zero-order valence-corrected chi connectivity index (χ0v) is 14.0. The van der Waals surface area contributed by atoms with E-state index in [0.717, 1.165) is 35.2 Å². The van der Waals surface area contributed by atoms with Crippen LogP contribution < -0.4 is 0 Å². The molecule has 0 saturated heterocycles. The molecule has 1 heterocycles. The summed E-state index contributed by atoms with van der Waals surface area (Å²) in [5.74, 6) is -0.264. The molecule has 1 aromatic carbocycles. The molecule has 1 fully saturated rings. The smallest absolute Gasteiger partial charge is 0.177 e. The van der Waals surface area contributed by atoms with Gasteiger partial charge in [-0.05, 0) is 48.2 Å². The number of benzene rings is 1. The number of halogens is 1. The molecule has 1 spiro atoms. The molecule has 0 radical (unpaired) electrons. The van der Waals surface area contributed by atoms with Gasteiger partial charge in [0.2, 0.25) is 0 Å². The van der Waals surface area contributed by atoms with Crippen LogP contribution in [0, 0.1) is 11.2 Å². The predicted molar refractivity (Wildman–Crippen MR) is 91.4 cm³/mol. The monoisotopic (exact) mass is 341 g/mol. The van der Waals surface area contributed by atoms with Crippen LogP contribution in [-0.4, -0.2) is 19.7 Å². The van der Waals surface area contributed by atoms with Crippen LogP contribution in [0.2, 0.25) is 0 Å². The molecule has 0 aliphatic heterocycles. The Morgan fingerprint density at radius 2 is 1.67 bits per heavy atom. The lowest BCUT2D eigenvalue weighted by Crippen LogP contribution is -1.99. The van der Waals surface area contributed by atoms with E-state index in [2.05, 4.69) is 17.1 Å². The molecule has 122 valence electrons. The van der Waals surface area contributed by atoms with Crippen LogP contribution in [0.3, 0.4) is 0 Å². The van der Waals surface area contributed by atoms with Gasteiger partial charge in [-0.25, -0.2) is 12.8 Å². The molecule has 1 aromatic heterocycles. The van der Waals surface area contributed by atoms with Crippen LogP contribution in [0.25, 0.3) is 11.1 Å². The highest BCUT2D eigenvalue weighted by atomic mass is 32.2. The molecule has 3 nitrogen and oxygen atoms in total. The van der Waals surface area contributed by atoms with Gasteiger partial charge in [0, 0.05) is 23.4 Å². The van der Waals surface area contributed by atoms with Crippen LogP contribution >= 0.6 is 0 Å². The molecular weight excluding hydrogens is 325 g/mol. The number of pyridine rings is 1. The van der Waals surface area contributed by atoms with Crippen molar-refractivity contribution in [3.8, 4) is 0 Å². The van der Waals surface area contributed by atoms with Crippen LogP contribution in [0.5, 0.6) is 0 Å². The summed E-state index contributed by atoms with van der Waals surface area (Å²) in [6.45, 7) is 0. The van der Waals surface area contributed by atoms with Crippen molar-refractivity contribution >= 4 is 21.0 Å². The minimum absolute atomic E-state index is 0.0935. The number of hydrogen-bond donors (Lipinski definition) is 0. The first-order chi connectivity index (χ1) is 11.4. The highest BCUT2D eigenvalue weighted by Gasteiger charge is 2.43. The van der Waals surface area contributed by atoms with E-state index in [1.807, 2.05) is 0 Å². The van der Waals surface area contributed by atoms with E-state index in [4.69, 9.17) is 0 Å². The van der Waals surface area contributed by atoms with E-state index < -0.39 is 9.84 Å². The molecule has 2 aliphatic carbocycles. The summed E-state index contributed by atoms with van der Waals surface area (Å²) < 4.78 is 36.4. The second-order valence-electron chi connectivity index (χ2n) is 6.51. The lowest BCUT2D eigenvalue weighted by Gasteiger charge is -2.09. The maximum absolute atomic E-state index is 13.2. The first-order valence-corrected chi connectivity index (χ1v) is 9.64. The Balaban J connectivity index is 1.76. The molecule has 2 aliphatic rings. The average molecular weight is 341 g/mol. The van der Waals surface area contributed by atoms with Gasteiger partial charge in [0.05, 0.1) is 10.6 Å². The van der Waals surface area contributed by atoms with Crippen LogP contribution in [0.1, 0.15) is 24.1 Å². The maximum Gasteiger partial charge on any atom is 0.177 e. The molecule has 0 unspecified atom stereocenters. The van der Waals surface area contributed by atoms with E-state index in [9.17, 15) is 12.8 Å². The average Bonchev–Trinajstić information content (AvgIpc) is 3.19. The van der Waals surface area contributed by atoms with Crippen molar-refractivity contribution in [3.63, 3.8) is 0 Å². The minimum Gasteiger partial charge on any atom is -0.255 e.